The number of pyridine rings is 1. The fourth-order valence-electron chi connectivity index (χ4n) is 2.27. The van der Waals surface area contributed by atoms with Gasteiger partial charge in [-0.15, -0.1) is 0 Å². The number of rotatable bonds is 5. The predicted octanol–water partition coefficient (Wildman–Crippen LogP) is 3.26. The van der Waals surface area contributed by atoms with E-state index in [2.05, 4.69) is 57.0 Å². The molecule has 2 nitrogen and oxygen atoms in total. The monoisotopic (exact) mass is 314 g/mol. The van der Waals surface area contributed by atoms with E-state index >= 15 is 0 Å². The molecule has 1 aliphatic rings. The Bertz CT molecular complexity index is 336. The minimum Gasteiger partial charge on any atom is -0.313 e. The molecule has 2 atom stereocenters. The lowest BCUT2D eigenvalue weighted by Gasteiger charge is -2.23. The Morgan fingerprint density at radius 1 is 1.59 bits per heavy atom. The highest BCUT2D eigenvalue weighted by molar-refractivity contribution is 9.10. The van der Waals surface area contributed by atoms with Crippen LogP contribution >= 0.6 is 27.7 Å². The van der Waals surface area contributed by atoms with Crippen LogP contribution in [0.1, 0.15) is 25.5 Å². The maximum absolute atomic E-state index is 4.48. The van der Waals surface area contributed by atoms with Crippen LogP contribution in [-0.2, 0) is 6.42 Å². The standard InChI is InChI=1S/C13H19BrN2S/c1-2-15-12(13-4-3-7-17-13)8-11-6-5-10(14)9-16-11/h5-6,9,12-13,15H,2-4,7-8H2,1H3. The SMILES string of the molecule is CCNC(Cc1ccc(Br)cn1)C1CCCS1. The molecular formula is C13H19BrN2S. The van der Waals surface area contributed by atoms with Gasteiger partial charge in [-0.1, -0.05) is 6.92 Å². The molecule has 0 radical (unpaired) electrons. The van der Waals surface area contributed by atoms with Gasteiger partial charge in [-0.05, 0) is 53.2 Å². The molecule has 4 heteroatoms. The molecule has 1 aromatic heterocycles. The second kappa shape index (κ2) is 6.76. The van der Waals surface area contributed by atoms with Crippen molar-refractivity contribution in [2.75, 3.05) is 12.3 Å². The molecule has 0 aliphatic carbocycles. The minimum atomic E-state index is 0.571. The van der Waals surface area contributed by atoms with Gasteiger partial charge in [0.05, 0.1) is 0 Å². The second-order valence-electron chi connectivity index (χ2n) is 4.39. The first-order valence-corrected chi connectivity index (χ1v) is 8.09. The summed E-state index contributed by atoms with van der Waals surface area (Å²) in [6, 6.07) is 4.77. The van der Waals surface area contributed by atoms with Gasteiger partial charge < -0.3 is 5.32 Å². The van der Waals surface area contributed by atoms with Crippen molar-refractivity contribution in [3.05, 3.63) is 28.5 Å². The Hall–Kier alpha value is -0.0600. The molecule has 2 rings (SSSR count). The molecule has 0 saturated carbocycles. The zero-order valence-corrected chi connectivity index (χ0v) is 12.6. The van der Waals surface area contributed by atoms with Crippen LogP contribution in [0.4, 0.5) is 0 Å². The Labute approximate surface area is 116 Å². The first-order valence-electron chi connectivity index (χ1n) is 6.25. The van der Waals surface area contributed by atoms with Gasteiger partial charge in [0.15, 0.2) is 0 Å². The summed E-state index contributed by atoms with van der Waals surface area (Å²) in [5.74, 6) is 1.32. The van der Waals surface area contributed by atoms with Gasteiger partial charge in [0.25, 0.3) is 0 Å². The summed E-state index contributed by atoms with van der Waals surface area (Å²) in [5, 5.41) is 4.38. The van der Waals surface area contributed by atoms with Gasteiger partial charge in [0.1, 0.15) is 0 Å². The van der Waals surface area contributed by atoms with Crippen molar-refractivity contribution in [3.63, 3.8) is 0 Å². The lowest BCUT2D eigenvalue weighted by Crippen LogP contribution is -2.39. The molecule has 1 fully saturated rings. The fraction of sp³-hybridized carbons (Fsp3) is 0.615. The maximum atomic E-state index is 4.48. The number of halogens is 1. The van der Waals surface area contributed by atoms with E-state index in [-0.39, 0.29) is 0 Å². The maximum Gasteiger partial charge on any atom is 0.0420 e. The van der Waals surface area contributed by atoms with Crippen molar-refractivity contribution < 1.29 is 0 Å². The quantitative estimate of drug-likeness (QED) is 0.903. The van der Waals surface area contributed by atoms with Crippen molar-refractivity contribution in [3.8, 4) is 0 Å². The molecule has 94 valence electrons. The van der Waals surface area contributed by atoms with E-state index in [0.717, 1.165) is 22.7 Å². The highest BCUT2D eigenvalue weighted by Gasteiger charge is 2.25. The van der Waals surface area contributed by atoms with Gasteiger partial charge in [-0.2, -0.15) is 11.8 Å². The topological polar surface area (TPSA) is 24.9 Å². The van der Waals surface area contributed by atoms with Crippen LogP contribution in [0.3, 0.4) is 0 Å². The lowest BCUT2D eigenvalue weighted by atomic mass is 10.0. The minimum absolute atomic E-state index is 0.571. The summed E-state index contributed by atoms with van der Waals surface area (Å²) in [4.78, 5) is 4.48. The summed E-state index contributed by atoms with van der Waals surface area (Å²) in [7, 11) is 0. The van der Waals surface area contributed by atoms with Crippen LogP contribution in [0.2, 0.25) is 0 Å². The van der Waals surface area contributed by atoms with Crippen LogP contribution < -0.4 is 5.32 Å². The normalized spacial score (nSPS) is 21.6. The number of aromatic nitrogens is 1. The number of nitrogens with one attached hydrogen (secondary N) is 1. The first-order chi connectivity index (χ1) is 8.29. The molecule has 1 N–H and O–H groups in total. The molecule has 1 aromatic rings. The Morgan fingerprint density at radius 2 is 2.47 bits per heavy atom. The van der Waals surface area contributed by atoms with Crippen LogP contribution in [0.25, 0.3) is 0 Å². The molecule has 0 aromatic carbocycles. The number of thioether (sulfide) groups is 1. The number of likely N-dealkylation sites (N-methyl/N-ethyl adjacent to an activating group) is 1. The molecule has 0 amide bonds. The summed E-state index contributed by atoms with van der Waals surface area (Å²) >= 11 is 5.54. The van der Waals surface area contributed by atoms with Crippen molar-refractivity contribution in [1.29, 1.82) is 0 Å². The highest BCUT2D eigenvalue weighted by Crippen LogP contribution is 2.30. The largest absolute Gasteiger partial charge is 0.313 e. The van der Waals surface area contributed by atoms with Crippen molar-refractivity contribution in [2.45, 2.75) is 37.5 Å². The molecular weight excluding hydrogens is 296 g/mol. The third-order valence-corrected chi connectivity index (χ3v) is 5.08. The summed E-state index contributed by atoms with van der Waals surface area (Å²) < 4.78 is 1.05. The van der Waals surface area contributed by atoms with E-state index in [1.54, 1.807) is 0 Å². The van der Waals surface area contributed by atoms with Crippen molar-refractivity contribution >= 4 is 27.7 Å². The van der Waals surface area contributed by atoms with E-state index in [0.29, 0.717) is 6.04 Å². The Balaban J connectivity index is 1.98. The molecule has 1 saturated heterocycles. The van der Waals surface area contributed by atoms with E-state index in [4.69, 9.17) is 0 Å². The van der Waals surface area contributed by atoms with Crippen LogP contribution in [0, 0.1) is 0 Å². The summed E-state index contributed by atoms with van der Waals surface area (Å²) in [6.07, 6.45) is 5.64. The van der Waals surface area contributed by atoms with E-state index in [1.807, 2.05) is 6.20 Å². The van der Waals surface area contributed by atoms with Crippen LogP contribution in [-0.4, -0.2) is 28.6 Å². The summed E-state index contributed by atoms with van der Waals surface area (Å²) in [5.41, 5.74) is 1.19. The molecule has 2 unspecified atom stereocenters. The van der Waals surface area contributed by atoms with E-state index < -0.39 is 0 Å². The number of hydrogen-bond acceptors (Lipinski definition) is 3. The smallest absolute Gasteiger partial charge is 0.0420 e. The van der Waals surface area contributed by atoms with Gasteiger partial charge in [-0.3, -0.25) is 4.98 Å². The zero-order valence-electron chi connectivity index (χ0n) is 10.2. The molecule has 0 bridgehead atoms. The van der Waals surface area contributed by atoms with E-state index in [9.17, 15) is 0 Å². The third kappa shape index (κ3) is 3.97. The van der Waals surface area contributed by atoms with Crippen LogP contribution in [0.5, 0.6) is 0 Å². The highest BCUT2D eigenvalue weighted by atomic mass is 79.9. The van der Waals surface area contributed by atoms with E-state index in [1.165, 1.54) is 24.3 Å². The van der Waals surface area contributed by atoms with Crippen molar-refractivity contribution in [1.82, 2.24) is 10.3 Å². The Morgan fingerprint density at radius 3 is 3.06 bits per heavy atom. The number of nitrogens with zero attached hydrogens (tertiary/aromatic N) is 1. The molecule has 2 heterocycles. The van der Waals surface area contributed by atoms with Crippen molar-refractivity contribution in [2.24, 2.45) is 0 Å². The fourth-order valence-corrected chi connectivity index (χ4v) is 3.90. The van der Waals surface area contributed by atoms with Gasteiger partial charge in [-0.25, -0.2) is 0 Å². The Kier molecular flexibility index (Phi) is 5.32. The first kappa shape index (κ1) is 13.4. The summed E-state index contributed by atoms with van der Waals surface area (Å²) in [6.45, 7) is 3.22. The average Bonchev–Trinajstić information content (AvgIpc) is 2.85. The van der Waals surface area contributed by atoms with Gasteiger partial charge in [0, 0.05) is 34.1 Å². The second-order valence-corrected chi connectivity index (χ2v) is 6.65. The lowest BCUT2D eigenvalue weighted by molar-refractivity contribution is 0.491. The molecule has 17 heavy (non-hydrogen) atoms. The number of hydrogen-bond donors (Lipinski definition) is 1. The predicted molar refractivity (Wildman–Crippen MR) is 78.6 cm³/mol. The average molecular weight is 315 g/mol. The zero-order chi connectivity index (χ0) is 12.1. The van der Waals surface area contributed by atoms with Gasteiger partial charge >= 0.3 is 0 Å². The molecule has 1 aliphatic heterocycles. The van der Waals surface area contributed by atoms with Crippen LogP contribution in [0.15, 0.2) is 22.8 Å². The molecule has 0 spiro atoms. The van der Waals surface area contributed by atoms with Gasteiger partial charge in [0.2, 0.25) is 0 Å². The third-order valence-electron chi connectivity index (χ3n) is 3.10.